The number of carboxylic acids is 1. The van der Waals surface area contributed by atoms with E-state index in [2.05, 4.69) is 10.6 Å². The molecule has 2 amide bonds. The van der Waals surface area contributed by atoms with E-state index in [-0.39, 0.29) is 11.9 Å². The summed E-state index contributed by atoms with van der Waals surface area (Å²) in [6.45, 7) is 3.77. The third-order valence-electron chi connectivity index (χ3n) is 4.30. The lowest BCUT2D eigenvalue weighted by atomic mass is 9.96. The van der Waals surface area contributed by atoms with E-state index in [9.17, 15) is 19.1 Å². The Bertz CT molecular complexity index is 582. The van der Waals surface area contributed by atoms with Crippen molar-refractivity contribution in [3.63, 3.8) is 0 Å². The van der Waals surface area contributed by atoms with E-state index >= 15 is 0 Å². The summed E-state index contributed by atoms with van der Waals surface area (Å²) in [7, 11) is 0. The number of hydrogen-bond donors (Lipinski definition) is 3. The maximum Gasteiger partial charge on any atom is 0.320 e. The lowest BCUT2D eigenvalue weighted by molar-refractivity contribution is -0.144. The van der Waals surface area contributed by atoms with Gasteiger partial charge in [-0.2, -0.15) is 0 Å². The standard InChI is InChI=1S/C17H24FN3O3/c1-2-15(16(22)23)21-8-4-5-12(11-21)10-19-17(24)20-14-7-3-6-13(18)9-14/h3,6-7,9,12,15H,2,4-5,8,10-11H2,1H3,(H,22,23)(H2,19,20,24). The Hall–Kier alpha value is -2.15. The second kappa shape index (κ2) is 8.63. The van der Waals surface area contributed by atoms with E-state index in [1.54, 1.807) is 6.07 Å². The molecule has 1 heterocycles. The fraction of sp³-hybridized carbons (Fsp3) is 0.529. The fourth-order valence-corrected chi connectivity index (χ4v) is 3.11. The molecule has 24 heavy (non-hydrogen) atoms. The average Bonchev–Trinajstić information content (AvgIpc) is 2.54. The topological polar surface area (TPSA) is 81.7 Å². The number of benzene rings is 1. The normalized spacial score (nSPS) is 19.5. The maximum absolute atomic E-state index is 13.1. The summed E-state index contributed by atoms with van der Waals surface area (Å²) >= 11 is 0. The molecular weight excluding hydrogens is 313 g/mol. The number of nitrogens with zero attached hydrogens (tertiary/aromatic N) is 1. The van der Waals surface area contributed by atoms with E-state index in [1.165, 1.54) is 18.2 Å². The first kappa shape index (κ1) is 18.2. The lowest BCUT2D eigenvalue weighted by Crippen LogP contribution is -2.48. The van der Waals surface area contributed by atoms with Crippen LogP contribution in [0.25, 0.3) is 0 Å². The summed E-state index contributed by atoms with van der Waals surface area (Å²) in [4.78, 5) is 25.1. The maximum atomic E-state index is 13.1. The van der Waals surface area contributed by atoms with Crippen LogP contribution in [0.2, 0.25) is 0 Å². The molecule has 2 rings (SSSR count). The van der Waals surface area contributed by atoms with Crippen LogP contribution in [0, 0.1) is 11.7 Å². The van der Waals surface area contributed by atoms with Gasteiger partial charge >= 0.3 is 12.0 Å². The van der Waals surface area contributed by atoms with Crippen molar-refractivity contribution in [1.82, 2.24) is 10.2 Å². The Morgan fingerprint density at radius 3 is 2.92 bits per heavy atom. The first-order chi connectivity index (χ1) is 11.5. The molecule has 1 aliphatic heterocycles. The van der Waals surface area contributed by atoms with Crippen molar-refractivity contribution in [1.29, 1.82) is 0 Å². The van der Waals surface area contributed by atoms with Crippen molar-refractivity contribution in [2.75, 3.05) is 25.0 Å². The highest BCUT2D eigenvalue weighted by Gasteiger charge is 2.29. The zero-order chi connectivity index (χ0) is 17.5. The van der Waals surface area contributed by atoms with Gasteiger partial charge in [-0.25, -0.2) is 9.18 Å². The molecule has 3 N–H and O–H groups in total. The number of piperidine rings is 1. The molecule has 1 fully saturated rings. The average molecular weight is 337 g/mol. The smallest absolute Gasteiger partial charge is 0.320 e. The molecule has 0 aromatic heterocycles. The number of urea groups is 1. The molecule has 0 aliphatic carbocycles. The van der Waals surface area contributed by atoms with Crippen LogP contribution in [0.5, 0.6) is 0 Å². The predicted molar refractivity (Wildman–Crippen MR) is 89.4 cm³/mol. The number of aliphatic carboxylic acids is 1. The molecule has 0 bridgehead atoms. The minimum atomic E-state index is -0.796. The Kier molecular flexibility index (Phi) is 6.54. The highest BCUT2D eigenvalue weighted by atomic mass is 19.1. The summed E-state index contributed by atoms with van der Waals surface area (Å²) in [6, 6.07) is 4.86. The van der Waals surface area contributed by atoms with Crippen molar-refractivity contribution in [2.45, 2.75) is 32.2 Å². The molecular formula is C17H24FN3O3. The highest BCUT2D eigenvalue weighted by molar-refractivity contribution is 5.89. The Balaban J connectivity index is 1.80. The lowest BCUT2D eigenvalue weighted by Gasteiger charge is -2.36. The summed E-state index contributed by atoms with van der Waals surface area (Å²) < 4.78 is 13.1. The second-order valence-corrected chi connectivity index (χ2v) is 6.11. The van der Waals surface area contributed by atoms with Gasteiger partial charge in [0.05, 0.1) is 0 Å². The summed E-state index contributed by atoms with van der Waals surface area (Å²) in [5.74, 6) is -0.990. The number of halogens is 1. The Morgan fingerprint density at radius 2 is 2.25 bits per heavy atom. The van der Waals surface area contributed by atoms with Crippen LogP contribution in [0.3, 0.4) is 0 Å². The van der Waals surface area contributed by atoms with Gasteiger partial charge in [0, 0.05) is 18.8 Å². The van der Waals surface area contributed by atoms with Gasteiger partial charge in [-0.15, -0.1) is 0 Å². The molecule has 6 nitrogen and oxygen atoms in total. The number of hydrogen-bond acceptors (Lipinski definition) is 3. The number of carboxylic acid groups (broad SMARTS) is 1. The third kappa shape index (κ3) is 5.19. The van der Waals surface area contributed by atoms with Gasteiger partial charge in [0.15, 0.2) is 0 Å². The van der Waals surface area contributed by atoms with Crippen molar-refractivity contribution < 1.29 is 19.1 Å². The van der Waals surface area contributed by atoms with Crippen LogP contribution < -0.4 is 10.6 Å². The fourth-order valence-electron chi connectivity index (χ4n) is 3.11. The number of rotatable bonds is 6. The van der Waals surface area contributed by atoms with Gasteiger partial charge in [0.25, 0.3) is 0 Å². The first-order valence-corrected chi connectivity index (χ1v) is 8.27. The molecule has 1 aromatic carbocycles. The van der Waals surface area contributed by atoms with Crippen LogP contribution in [0.15, 0.2) is 24.3 Å². The quantitative estimate of drug-likeness (QED) is 0.745. The van der Waals surface area contributed by atoms with Crippen molar-refractivity contribution in [2.24, 2.45) is 5.92 Å². The Labute approximate surface area is 141 Å². The van der Waals surface area contributed by atoms with E-state index in [0.29, 0.717) is 25.2 Å². The number of nitrogens with one attached hydrogen (secondary N) is 2. The largest absolute Gasteiger partial charge is 0.480 e. The van der Waals surface area contributed by atoms with E-state index in [1.807, 2.05) is 11.8 Å². The number of likely N-dealkylation sites (tertiary alicyclic amines) is 1. The monoisotopic (exact) mass is 337 g/mol. The molecule has 1 saturated heterocycles. The number of carbonyl (C=O) groups is 2. The molecule has 132 valence electrons. The molecule has 1 aliphatic rings. The molecule has 0 spiro atoms. The van der Waals surface area contributed by atoms with Crippen molar-refractivity contribution >= 4 is 17.7 Å². The Morgan fingerprint density at radius 1 is 1.46 bits per heavy atom. The predicted octanol–water partition coefficient (Wildman–Crippen LogP) is 2.52. The molecule has 0 radical (unpaired) electrons. The molecule has 7 heteroatoms. The van der Waals surface area contributed by atoms with Crippen molar-refractivity contribution in [3.8, 4) is 0 Å². The molecule has 0 saturated carbocycles. The second-order valence-electron chi connectivity index (χ2n) is 6.11. The zero-order valence-corrected chi connectivity index (χ0v) is 13.8. The number of anilines is 1. The minimum absolute atomic E-state index is 0.213. The van der Waals surface area contributed by atoms with Gasteiger partial charge in [-0.1, -0.05) is 13.0 Å². The summed E-state index contributed by atoms with van der Waals surface area (Å²) in [5, 5.41) is 14.6. The molecule has 2 atom stereocenters. The van der Waals surface area contributed by atoms with Crippen molar-refractivity contribution in [3.05, 3.63) is 30.1 Å². The minimum Gasteiger partial charge on any atom is -0.480 e. The highest BCUT2D eigenvalue weighted by Crippen LogP contribution is 2.19. The van der Waals surface area contributed by atoms with Crippen LogP contribution in [-0.2, 0) is 4.79 Å². The number of carbonyl (C=O) groups excluding carboxylic acids is 1. The van der Waals surface area contributed by atoms with E-state index in [0.717, 1.165) is 19.4 Å². The van der Waals surface area contributed by atoms with Crippen LogP contribution >= 0.6 is 0 Å². The van der Waals surface area contributed by atoms with Gasteiger partial charge in [-0.05, 0) is 49.9 Å². The van der Waals surface area contributed by atoms with Gasteiger partial charge in [0.1, 0.15) is 11.9 Å². The van der Waals surface area contributed by atoms with Gasteiger partial charge < -0.3 is 15.7 Å². The van der Waals surface area contributed by atoms with Crippen LogP contribution in [0.1, 0.15) is 26.2 Å². The third-order valence-corrected chi connectivity index (χ3v) is 4.30. The summed E-state index contributed by atoms with van der Waals surface area (Å²) in [6.07, 6.45) is 2.43. The summed E-state index contributed by atoms with van der Waals surface area (Å²) in [5.41, 5.74) is 0.398. The molecule has 2 unspecified atom stereocenters. The van der Waals surface area contributed by atoms with E-state index in [4.69, 9.17) is 0 Å². The SMILES string of the molecule is CCC(C(=O)O)N1CCCC(CNC(=O)Nc2cccc(F)c2)C1. The van der Waals surface area contributed by atoms with Gasteiger partial charge in [-0.3, -0.25) is 9.69 Å². The van der Waals surface area contributed by atoms with Gasteiger partial charge in [0.2, 0.25) is 0 Å². The zero-order valence-electron chi connectivity index (χ0n) is 13.8. The van der Waals surface area contributed by atoms with Crippen LogP contribution in [-0.4, -0.2) is 47.7 Å². The first-order valence-electron chi connectivity index (χ1n) is 8.27. The number of amides is 2. The van der Waals surface area contributed by atoms with Crippen LogP contribution in [0.4, 0.5) is 14.9 Å². The van der Waals surface area contributed by atoms with E-state index < -0.39 is 17.8 Å². The molecule has 1 aromatic rings.